The highest BCUT2D eigenvalue weighted by Gasteiger charge is 2.21. The van der Waals surface area contributed by atoms with Gasteiger partial charge in [-0.2, -0.15) is 0 Å². The first-order valence-corrected chi connectivity index (χ1v) is 12.6. The molecule has 2 aromatic heterocycles. The molecule has 10 heteroatoms. The third-order valence-electron chi connectivity index (χ3n) is 5.49. The third-order valence-corrected chi connectivity index (χ3v) is 7.01. The van der Waals surface area contributed by atoms with Gasteiger partial charge in [-0.1, -0.05) is 30.9 Å². The summed E-state index contributed by atoms with van der Waals surface area (Å²) in [6, 6.07) is 1.62. The Morgan fingerprint density at radius 1 is 1.21 bits per heavy atom. The van der Waals surface area contributed by atoms with Crippen molar-refractivity contribution in [2.24, 2.45) is 0 Å². The molecule has 1 saturated heterocycles. The predicted octanol–water partition coefficient (Wildman–Crippen LogP) is 2.65. The molecule has 0 aromatic carbocycles. The summed E-state index contributed by atoms with van der Waals surface area (Å²) in [5, 5.41) is 0. The normalized spacial score (nSPS) is 15.8. The molecular weight excluding hydrogens is 454 g/mol. The number of rotatable bonds is 6. The Morgan fingerprint density at radius 3 is 2.74 bits per heavy atom. The van der Waals surface area contributed by atoms with E-state index in [9.17, 15) is 8.42 Å². The lowest BCUT2D eigenvalue weighted by Gasteiger charge is -2.28. The summed E-state index contributed by atoms with van der Waals surface area (Å²) in [6.45, 7) is 4.76. The summed E-state index contributed by atoms with van der Waals surface area (Å²) in [5.74, 6) is 7.26. The molecule has 0 unspecified atom stereocenters. The summed E-state index contributed by atoms with van der Waals surface area (Å²) in [5.41, 5.74) is 2.38. The molecule has 0 amide bonds. The van der Waals surface area contributed by atoms with E-state index in [1.54, 1.807) is 30.7 Å². The third kappa shape index (κ3) is 5.38. The van der Waals surface area contributed by atoms with Gasteiger partial charge in [-0.15, -0.1) is 0 Å². The number of morpholine rings is 1. The van der Waals surface area contributed by atoms with Gasteiger partial charge in [0.2, 0.25) is 5.88 Å². The lowest BCUT2D eigenvalue weighted by molar-refractivity contribution is 0.122. The van der Waals surface area contributed by atoms with Crippen LogP contribution in [0.25, 0.3) is 0 Å². The van der Waals surface area contributed by atoms with Crippen molar-refractivity contribution < 1.29 is 17.9 Å². The Morgan fingerprint density at radius 2 is 2.03 bits per heavy atom. The fraction of sp³-hybridized carbons (Fsp3) is 0.375. The summed E-state index contributed by atoms with van der Waals surface area (Å²) >= 11 is 0. The fourth-order valence-corrected chi connectivity index (χ4v) is 4.94. The van der Waals surface area contributed by atoms with E-state index in [1.165, 1.54) is 7.11 Å². The maximum atomic E-state index is 12.9. The molecule has 34 heavy (non-hydrogen) atoms. The van der Waals surface area contributed by atoms with Gasteiger partial charge in [0.1, 0.15) is 17.8 Å². The Balaban J connectivity index is 1.67. The van der Waals surface area contributed by atoms with Crippen LogP contribution >= 0.6 is 0 Å². The smallest absolute Gasteiger partial charge is 0.258 e. The predicted molar refractivity (Wildman–Crippen MR) is 130 cm³/mol. The van der Waals surface area contributed by atoms with Crippen molar-refractivity contribution in [1.82, 2.24) is 15.0 Å². The number of nitrogens with zero attached hydrogens (tertiary/aromatic N) is 4. The number of allylic oxidation sites excluding steroid dienone is 4. The maximum Gasteiger partial charge on any atom is 0.258 e. The first-order valence-electron chi connectivity index (χ1n) is 11.1. The van der Waals surface area contributed by atoms with Crippen LogP contribution in [0.5, 0.6) is 5.88 Å². The van der Waals surface area contributed by atoms with Crippen molar-refractivity contribution in [1.29, 1.82) is 0 Å². The van der Waals surface area contributed by atoms with Crippen LogP contribution in [-0.2, 0) is 21.2 Å². The van der Waals surface area contributed by atoms with E-state index in [0.717, 1.165) is 30.2 Å². The second-order valence-electron chi connectivity index (χ2n) is 7.71. The van der Waals surface area contributed by atoms with Gasteiger partial charge >= 0.3 is 0 Å². The molecule has 3 heterocycles. The van der Waals surface area contributed by atoms with Crippen molar-refractivity contribution in [3.05, 3.63) is 58.5 Å². The number of sulfonamides is 1. The van der Waals surface area contributed by atoms with Crippen molar-refractivity contribution in [3.8, 4) is 17.7 Å². The summed E-state index contributed by atoms with van der Waals surface area (Å²) in [4.78, 5) is 15.6. The van der Waals surface area contributed by atoms with E-state index in [0.29, 0.717) is 42.9 Å². The standard InChI is InChI=1S/C24H27N5O4S/c1-3-21-20(23(27-17-26-21)29-11-13-33-14-12-29)10-9-18-15-22(24(32-2)25-16-18)28-34(30,31)19-7-5-4-6-8-19/h4-5,7,15-17,28H,3,6,8,11-14H2,1-2H3. The Labute approximate surface area is 200 Å². The van der Waals surface area contributed by atoms with Crippen molar-refractivity contribution in [3.63, 3.8) is 0 Å². The van der Waals surface area contributed by atoms with E-state index in [1.807, 2.05) is 13.0 Å². The van der Waals surface area contributed by atoms with Crippen LogP contribution in [-0.4, -0.2) is 56.8 Å². The zero-order chi connectivity index (χ0) is 24.0. The number of hydrogen-bond acceptors (Lipinski definition) is 8. The second-order valence-corrected chi connectivity index (χ2v) is 9.44. The summed E-state index contributed by atoms with van der Waals surface area (Å²) in [7, 11) is -2.29. The molecule has 0 atom stereocenters. The van der Waals surface area contributed by atoms with E-state index in [-0.39, 0.29) is 11.6 Å². The molecule has 1 N–H and O–H groups in total. The summed E-state index contributed by atoms with van der Waals surface area (Å²) < 4.78 is 39.0. The van der Waals surface area contributed by atoms with Crippen molar-refractivity contribution >= 4 is 21.5 Å². The van der Waals surface area contributed by atoms with Gasteiger partial charge in [-0.3, -0.25) is 4.72 Å². The first-order chi connectivity index (χ1) is 16.5. The number of methoxy groups -OCH3 is 1. The van der Waals surface area contributed by atoms with Gasteiger partial charge in [0.05, 0.1) is 36.5 Å². The molecule has 0 radical (unpaired) electrons. The van der Waals surface area contributed by atoms with Gasteiger partial charge in [-0.05, 0) is 31.4 Å². The zero-order valence-electron chi connectivity index (χ0n) is 19.2. The number of aromatic nitrogens is 3. The van der Waals surface area contributed by atoms with Gasteiger partial charge in [0.15, 0.2) is 0 Å². The molecule has 4 rings (SSSR count). The van der Waals surface area contributed by atoms with Crippen LogP contribution in [0.3, 0.4) is 0 Å². The molecule has 178 valence electrons. The minimum Gasteiger partial charge on any atom is -0.479 e. The molecule has 0 saturated carbocycles. The lowest BCUT2D eigenvalue weighted by Crippen LogP contribution is -2.37. The number of pyridine rings is 1. The molecule has 1 fully saturated rings. The highest BCUT2D eigenvalue weighted by atomic mass is 32.2. The average Bonchev–Trinajstić information content (AvgIpc) is 2.88. The van der Waals surface area contributed by atoms with Crippen LogP contribution in [0.4, 0.5) is 11.5 Å². The Kier molecular flexibility index (Phi) is 7.45. The molecular formula is C24H27N5O4S. The Hall–Kier alpha value is -3.42. The van der Waals surface area contributed by atoms with Crippen LogP contribution < -0.4 is 14.4 Å². The minimum absolute atomic E-state index is 0.173. The fourth-order valence-electron chi connectivity index (χ4n) is 3.73. The van der Waals surface area contributed by atoms with Gasteiger partial charge < -0.3 is 14.4 Å². The largest absolute Gasteiger partial charge is 0.479 e. The van der Waals surface area contributed by atoms with Gasteiger partial charge in [-0.25, -0.2) is 23.4 Å². The van der Waals surface area contributed by atoms with Crippen LogP contribution in [0.2, 0.25) is 0 Å². The Bertz CT molecular complexity index is 1270. The average molecular weight is 482 g/mol. The number of ether oxygens (including phenoxy) is 2. The van der Waals surface area contributed by atoms with E-state index in [4.69, 9.17) is 9.47 Å². The minimum atomic E-state index is -3.73. The van der Waals surface area contributed by atoms with E-state index in [2.05, 4.69) is 36.4 Å². The zero-order valence-corrected chi connectivity index (χ0v) is 20.1. The highest BCUT2D eigenvalue weighted by molar-refractivity contribution is 7.96. The SMILES string of the molecule is CCc1ncnc(N2CCOCC2)c1C#Cc1cnc(OC)c(NS(=O)(=O)C2=CC=CCC2)c1. The number of hydrogen-bond donors (Lipinski definition) is 1. The molecule has 0 spiro atoms. The summed E-state index contributed by atoms with van der Waals surface area (Å²) in [6.07, 6.45) is 10.2. The molecule has 1 aliphatic carbocycles. The number of anilines is 2. The maximum absolute atomic E-state index is 12.9. The molecule has 2 aliphatic rings. The van der Waals surface area contributed by atoms with Gasteiger partial charge in [0, 0.05) is 24.8 Å². The number of nitrogens with one attached hydrogen (secondary N) is 1. The molecule has 1 aliphatic heterocycles. The van der Waals surface area contributed by atoms with Crippen LogP contribution in [0, 0.1) is 11.8 Å². The van der Waals surface area contributed by atoms with Crippen molar-refractivity contribution in [2.45, 2.75) is 26.2 Å². The highest BCUT2D eigenvalue weighted by Crippen LogP contribution is 2.27. The van der Waals surface area contributed by atoms with Crippen LogP contribution in [0.15, 0.2) is 41.7 Å². The van der Waals surface area contributed by atoms with E-state index >= 15 is 0 Å². The molecule has 2 aromatic rings. The van der Waals surface area contributed by atoms with Crippen molar-refractivity contribution in [2.75, 3.05) is 43.0 Å². The number of aryl methyl sites for hydroxylation is 1. The molecule has 0 bridgehead atoms. The second kappa shape index (κ2) is 10.7. The van der Waals surface area contributed by atoms with Crippen LogP contribution in [0.1, 0.15) is 36.6 Å². The quantitative estimate of drug-likeness (QED) is 0.628. The lowest BCUT2D eigenvalue weighted by atomic mass is 10.1. The molecule has 9 nitrogen and oxygen atoms in total. The van der Waals surface area contributed by atoms with Gasteiger partial charge in [0.25, 0.3) is 10.0 Å². The first kappa shape index (κ1) is 23.7. The van der Waals surface area contributed by atoms with E-state index < -0.39 is 10.0 Å². The monoisotopic (exact) mass is 481 g/mol. The topological polar surface area (TPSA) is 107 Å².